The summed E-state index contributed by atoms with van der Waals surface area (Å²) < 4.78 is 41.2. The number of benzene rings is 3. The standard InChI is InChI=1S/C30H37F3OSi/c1-28(2,3)24-18-21(19-25(26(24)34)29(4,5)6)27(35(7,8)23-15-10-9-11-16-23)20-13-12-14-22(17-20)30(31,32)33/h9-19,27,34H,1-8H3. The van der Waals surface area contributed by atoms with Crippen molar-refractivity contribution >= 4 is 13.3 Å². The predicted molar refractivity (Wildman–Crippen MR) is 142 cm³/mol. The van der Waals surface area contributed by atoms with E-state index >= 15 is 0 Å². The van der Waals surface area contributed by atoms with Crippen LogP contribution in [0.5, 0.6) is 5.75 Å². The molecule has 1 N–H and O–H groups in total. The summed E-state index contributed by atoms with van der Waals surface area (Å²) in [6.07, 6.45) is -4.42. The molecule has 0 fully saturated rings. The molecule has 188 valence electrons. The van der Waals surface area contributed by atoms with E-state index in [1.807, 2.05) is 36.4 Å². The molecular formula is C30H37F3OSi. The Morgan fingerprint density at radius 2 is 1.20 bits per heavy atom. The Morgan fingerprint density at radius 1 is 0.686 bits per heavy atom. The fourth-order valence-electron chi connectivity index (χ4n) is 4.92. The molecule has 0 amide bonds. The number of rotatable bonds is 4. The summed E-state index contributed by atoms with van der Waals surface area (Å²) in [5.41, 5.74) is 1.69. The molecule has 3 aromatic carbocycles. The molecule has 1 unspecified atom stereocenters. The molecule has 0 radical (unpaired) electrons. The van der Waals surface area contributed by atoms with Crippen LogP contribution >= 0.6 is 0 Å². The Morgan fingerprint density at radius 3 is 1.66 bits per heavy atom. The van der Waals surface area contributed by atoms with Crippen molar-refractivity contribution in [3.05, 3.63) is 94.5 Å². The normalized spacial score (nSPS) is 14.1. The maximum atomic E-state index is 13.7. The van der Waals surface area contributed by atoms with E-state index in [0.29, 0.717) is 5.56 Å². The van der Waals surface area contributed by atoms with Gasteiger partial charge in [-0.2, -0.15) is 13.2 Å². The average molecular weight is 499 g/mol. The molecular weight excluding hydrogens is 461 g/mol. The predicted octanol–water partition coefficient (Wildman–Crippen LogP) is 8.29. The monoisotopic (exact) mass is 498 g/mol. The van der Waals surface area contributed by atoms with Crippen molar-refractivity contribution in [2.75, 3.05) is 0 Å². The maximum absolute atomic E-state index is 13.7. The lowest BCUT2D eigenvalue weighted by molar-refractivity contribution is -0.137. The fraction of sp³-hybridized carbons (Fsp3) is 0.400. The van der Waals surface area contributed by atoms with Gasteiger partial charge in [0.2, 0.25) is 0 Å². The first kappa shape index (κ1) is 27.1. The maximum Gasteiger partial charge on any atom is 0.416 e. The average Bonchev–Trinajstić information content (AvgIpc) is 2.73. The number of hydrogen-bond acceptors (Lipinski definition) is 1. The minimum absolute atomic E-state index is 0.241. The fourth-order valence-corrected chi connectivity index (χ4v) is 8.32. The third kappa shape index (κ3) is 5.66. The highest BCUT2D eigenvalue weighted by Gasteiger charge is 2.39. The summed E-state index contributed by atoms with van der Waals surface area (Å²) in [5.74, 6) is 0.274. The van der Waals surface area contributed by atoms with Gasteiger partial charge in [-0.25, -0.2) is 0 Å². The summed E-state index contributed by atoms with van der Waals surface area (Å²) in [6.45, 7) is 16.7. The molecule has 0 aliphatic rings. The second-order valence-corrected chi connectivity index (χ2v) is 16.7. The van der Waals surface area contributed by atoms with Crippen LogP contribution in [0, 0.1) is 0 Å². The molecule has 0 saturated heterocycles. The van der Waals surface area contributed by atoms with E-state index in [-0.39, 0.29) is 22.1 Å². The number of hydrogen-bond donors (Lipinski definition) is 1. The Kier molecular flexibility index (Phi) is 7.08. The second kappa shape index (κ2) is 9.16. The summed E-state index contributed by atoms with van der Waals surface area (Å²) in [5, 5.41) is 12.4. The van der Waals surface area contributed by atoms with E-state index in [1.54, 1.807) is 0 Å². The zero-order valence-corrected chi connectivity index (χ0v) is 23.0. The SMILES string of the molecule is CC(C)(C)c1cc(C(c2cccc(C(F)(F)F)c2)[Si](C)(C)c2ccccc2)cc(C(C)(C)C)c1O. The van der Waals surface area contributed by atoms with Gasteiger partial charge in [0.15, 0.2) is 0 Å². The van der Waals surface area contributed by atoms with Crippen molar-refractivity contribution in [2.45, 2.75) is 77.2 Å². The van der Waals surface area contributed by atoms with E-state index in [2.05, 4.69) is 66.8 Å². The van der Waals surface area contributed by atoms with E-state index in [4.69, 9.17) is 0 Å². The molecule has 0 saturated carbocycles. The van der Waals surface area contributed by atoms with Crippen molar-refractivity contribution in [2.24, 2.45) is 0 Å². The Hall–Kier alpha value is -2.53. The molecule has 1 nitrogen and oxygen atoms in total. The molecule has 0 heterocycles. The van der Waals surface area contributed by atoms with Gasteiger partial charge in [-0.05, 0) is 39.2 Å². The topological polar surface area (TPSA) is 20.2 Å². The summed E-state index contributed by atoms with van der Waals surface area (Å²) in [7, 11) is -2.40. The van der Waals surface area contributed by atoms with E-state index < -0.39 is 19.8 Å². The molecule has 3 aromatic rings. The Labute approximate surface area is 209 Å². The molecule has 0 spiro atoms. The lowest BCUT2D eigenvalue weighted by Crippen LogP contribution is -2.48. The minimum Gasteiger partial charge on any atom is -0.507 e. The van der Waals surface area contributed by atoms with Gasteiger partial charge in [0.25, 0.3) is 0 Å². The Balaban J connectivity index is 2.40. The molecule has 3 rings (SSSR count). The molecule has 1 atom stereocenters. The van der Waals surface area contributed by atoms with Gasteiger partial charge >= 0.3 is 6.18 Å². The van der Waals surface area contributed by atoms with Gasteiger partial charge < -0.3 is 5.11 Å². The van der Waals surface area contributed by atoms with Crippen LogP contribution in [0.1, 0.15) is 74.9 Å². The summed E-state index contributed by atoms with van der Waals surface area (Å²) in [6, 6.07) is 19.9. The van der Waals surface area contributed by atoms with Gasteiger partial charge in [0, 0.05) is 5.54 Å². The van der Waals surface area contributed by atoms with Crippen molar-refractivity contribution in [1.82, 2.24) is 0 Å². The number of phenols is 1. The van der Waals surface area contributed by atoms with Crippen LogP contribution in [0.3, 0.4) is 0 Å². The van der Waals surface area contributed by atoms with Crippen LogP contribution < -0.4 is 5.19 Å². The van der Waals surface area contributed by atoms with Crippen molar-refractivity contribution in [1.29, 1.82) is 0 Å². The highest BCUT2D eigenvalue weighted by atomic mass is 28.3. The second-order valence-electron chi connectivity index (χ2n) is 12.1. The first-order valence-electron chi connectivity index (χ1n) is 12.0. The third-order valence-electron chi connectivity index (χ3n) is 6.87. The van der Waals surface area contributed by atoms with Crippen LogP contribution in [0.4, 0.5) is 13.2 Å². The zero-order valence-electron chi connectivity index (χ0n) is 22.0. The van der Waals surface area contributed by atoms with Gasteiger partial charge in [-0.15, -0.1) is 0 Å². The van der Waals surface area contributed by atoms with Gasteiger partial charge in [-0.3, -0.25) is 0 Å². The van der Waals surface area contributed by atoms with Crippen LogP contribution in [-0.4, -0.2) is 13.2 Å². The largest absolute Gasteiger partial charge is 0.507 e. The molecule has 0 aliphatic carbocycles. The van der Waals surface area contributed by atoms with Crippen LogP contribution in [0.25, 0.3) is 0 Å². The lowest BCUT2D eigenvalue weighted by Gasteiger charge is -2.37. The minimum atomic E-state index is -4.42. The molecule has 0 bridgehead atoms. The summed E-state index contributed by atoms with van der Waals surface area (Å²) in [4.78, 5) is 0. The smallest absolute Gasteiger partial charge is 0.416 e. The first-order chi connectivity index (χ1) is 15.9. The number of aromatic hydroxyl groups is 1. The molecule has 35 heavy (non-hydrogen) atoms. The van der Waals surface area contributed by atoms with Crippen molar-refractivity contribution in [3.63, 3.8) is 0 Å². The Bertz CT molecular complexity index is 1150. The van der Waals surface area contributed by atoms with Crippen LogP contribution in [0.15, 0.2) is 66.7 Å². The van der Waals surface area contributed by atoms with Gasteiger partial charge in [0.1, 0.15) is 5.75 Å². The van der Waals surface area contributed by atoms with Crippen LogP contribution in [-0.2, 0) is 17.0 Å². The van der Waals surface area contributed by atoms with Gasteiger partial charge in [0.05, 0.1) is 13.6 Å². The van der Waals surface area contributed by atoms with Crippen molar-refractivity contribution in [3.8, 4) is 5.75 Å². The van der Waals surface area contributed by atoms with E-state index in [0.717, 1.165) is 22.8 Å². The zero-order chi connectivity index (χ0) is 26.4. The molecule has 0 aromatic heterocycles. The van der Waals surface area contributed by atoms with Gasteiger partial charge in [-0.1, -0.05) is 120 Å². The highest BCUT2D eigenvalue weighted by molar-refractivity contribution is 6.91. The number of alkyl halides is 3. The summed E-state index contributed by atoms with van der Waals surface area (Å²) >= 11 is 0. The number of halogens is 3. The quantitative estimate of drug-likeness (QED) is 0.359. The van der Waals surface area contributed by atoms with Crippen molar-refractivity contribution < 1.29 is 18.3 Å². The first-order valence-corrected chi connectivity index (χ1v) is 15.1. The van der Waals surface area contributed by atoms with Crippen LogP contribution in [0.2, 0.25) is 13.1 Å². The van der Waals surface area contributed by atoms with E-state index in [1.165, 1.54) is 17.3 Å². The number of phenolic OH excluding ortho intramolecular Hbond substituents is 1. The molecule has 0 aliphatic heterocycles. The lowest BCUT2D eigenvalue weighted by atomic mass is 9.78. The molecule has 5 heteroatoms. The highest BCUT2D eigenvalue weighted by Crippen LogP contribution is 2.44. The third-order valence-corrected chi connectivity index (χ3v) is 10.8. The van der Waals surface area contributed by atoms with E-state index in [9.17, 15) is 18.3 Å².